The molecule has 0 bridgehead atoms. The van der Waals surface area contributed by atoms with Gasteiger partial charge in [0.2, 0.25) is 5.28 Å². The van der Waals surface area contributed by atoms with Crippen LogP contribution in [0.3, 0.4) is 0 Å². The zero-order chi connectivity index (χ0) is 6.85. The molecule has 0 aromatic carbocycles. The van der Waals surface area contributed by atoms with Crippen LogP contribution in [-0.4, -0.2) is 9.97 Å². The highest BCUT2D eigenvalue weighted by Gasteiger charge is 2.03. The first-order valence-corrected chi connectivity index (χ1v) is 3.49. The number of rotatable bonds is 1. The Hall–Kier alpha value is 0.0800. The number of hydrogen-bond acceptors (Lipinski definition) is 1. The number of nitrogens with zero attached hydrogens (tertiary/aromatic N) is 1. The van der Waals surface area contributed by atoms with Crippen molar-refractivity contribution in [2.24, 2.45) is 0 Å². The van der Waals surface area contributed by atoms with E-state index in [1.807, 2.05) is 0 Å². The molecule has 0 saturated carbocycles. The van der Waals surface area contributed by atoms with Gasteiger partial charge in [-0.25, -0.2) is 4.98 Å². The molecule has 1 N–H and O–H groups in total. The van der Waals surface area contributed by atoms with Crippen LogP contribution in [0, 0.1) is 0 Å². The largest absolute Gasteiger partial charge is 0.330 e. The second kappa shape index (κ2) is 2.78. The fraction of sp³-hybridized carbons (Fsp3) is 0.250. The molecule has 1 rings (SSSR count). The Bertz CT molecular complexity index is 208. The van der Waals surface area contributed by atoms with Gasteiger partial charge in [-0.15, -0.1) is 11.6 Å². The van der Waals surface area contributed by atoms with Gasteiger partial charge in [0.15, 0.2) is 5.15 Å². The summed E-state index contributed by atoms with van der Waals surface area (Å²) in [5.74, 6) is 0.304. The molecule has 0 aliphatic heterocycles. The highest BCUT2D eigenvalue weighted by atomic mass is 35.5. The maximum Gasteiger partial charge on any atom is 0.201 e. The lowest BCUT2D eigenvalue weighted by atomic mass is 10.6. The second-order valence-corrected chi connectivity index (χ2v) is 2.41. The van der Waals surface area contributed by atoms with Crippen molar-refractivity contribution in [3.8, 4) is 0 Å². The van der Waals surface area contributed by atoms with Crippen molar-refractivity contribution < 1.29 is 0 Å². The van der Waals surface area contributed by atoms with Gasteiger partial charge in [-0.05, 0) is 11.6 Å². The lowest BCUT2D eigenvalue weighted by molar-refractivity contribution is 1.22. The summed E-state index contributed by atoms with van der Waals surface area (Å²) in [5.41, 5.74) is 0.656. The minimum Gasteiger partial charge on any atom is -0.330 e. The second-order valence-electron chi connectivity index (χ2n) is 1.43. The third kappa shape index (κ3) is 1.51. The minimum absolute atomic E-state index is 0.274. The highest BCUT2D eigenvalue weighted by Crippen LogP contribution is 2.16. The first-order valence-electron chi connectivity index (χ1n) is 2.20. The van der Waals surface area contributed by atoms with Gasteiger partial charge in [0, 0.05) is 0 Å². The molecule has 0 radical (unpaired) electrons. The molecule has 0 unspecified atom stereocenters. The molecule has 50 valence electrons. The lowest BCUT2D eigenvalue weighted by Crippen LogP contribution is -1.75. The summed E-state index contributed by atoms with van der Waals surface area (Å²) < 4.78 is 0. The third-order valence-electron chi connectivity index (χ3n) is 0.833. The molecular weight excluding hydrogens is 182 g/mol. The van der Waals surface area contributed by atoms with Crippen LogP contribution in [0.2, 0.25) is 10.4 Å². The van der Waals surface area contributed by atoms with Gasteiger partial charge in [0.25, 0.3) is 0 Å². The van der Waals surface area contributed by atoms with Gasteiger partial charge >= 0.3 is 0 Å². The summed E-state index contributed by atoms with van der Waals surface area (Å²) in [6, 6.07) is 0. The zero-order valence-corrected chi connectivity index (χ0v) is 6.56. The van der Waals surface area contributed by atoms with Gasteiger partial charge < -0.3 is 4.98 Å². The Kier molecular flexibility index (Phi) is 2.22. The van der Waals surface area contributed by atoms with Gasteiger partial charge in [0.05, 0.1) is 11.6 Å². The van der Waals surface area contributed by atoms with E-state index in [1.54, 1.807) is 0 Å². The molecule has 5 heteroatoms. The van der Waals surface area contributed by atoms with Crippen LogP contribution in [0.5, 0.6) is 0 Å². The Balaban J connectivity index is 3.01. The number of halogens is 3. The van der Waals surface area contributed by atoms with Crippen LogP contribution < -0.4 is 0 Å². The quantitative estimate of drug-likeness (QED) is 0.669. The van der Waals surface area contributed by atoms with E-state index in [0.717, 1.165) is 0 Å². The summed E-state index contributed by atoms with van der Waals surface area (Å²) in [6.07, 6.45) is 0. The molecule has 0 amide bonds. The Morgan fingerprint density at radius 3 is 2.33 bits per heavy atom. The SMILES string of the molecule is ClCc1[nH]c(Cl)nc1Cl. The average Bonchev–Trinajstić information content (AvgIpc) is 2.10. The Morgan fingerprint density at radius 2 is 2.11 bits per heavy atom. The fourth-order valence-corrected chi connectivity index (χ4v) is 1.15. The molecule has 1 heterocycles. The van der Waals surface area contributed by atoms with Gasteiger partial charge in [0.1, 0.15) is 0 Å². The maximum absolute atomic E-state index is 5.53. The van der Waals surface area contributed by atoms with Crippen molar-refractivity contribution in [2.75, 3.05) is 0 Å². The van der Waals surface area contributed by atoms with E-state index in [2.05, 4.69) is 9.97 Å². The molecule has 1 aromatic rings. The summed E-state index contributed by atoms with van der Waals surface area (Å²) in [7, 11) is 0. The summed E-state index contributed by atoms with van der Waals surface area (Å²) >= 11 is 16.4. The van der Waals surface area contributed by atoms with E-state index >= 15 is 0 Å². The Morgan fingerprint density at radius 1 is 1.44 bits per heavy atom. The van der Waals surface area contributed by atoms with E-state index in [-0.39, 0.29) is 5.28 Å². The normalized spacial score (nSPS) is 10.1. The standard InChI is InChI=1S/C4H3Cl3N2/c5-1-2-3(6)9-4(7)8-2/h1H2,(H,8,9). The number of aromatic nitrogens is 2. The van der Waals surface area contributed by atoms with Crippen molar-refractivity contribution in [1.82, 2.24) is 9.97 Å². The van der Waals surface area contributed by atoms with Crippen molar-refractivity contribution in [1.29, 1.82) is 0 Å². The molecule has 0 aliphatic rings. The van der Waals surface area contributed by atoms with E-state index in [9.17, 15) is 0 Å². The molecule has 0 atom stereocenters. The molecule has 0 aliphatic carbocycles. The lowest BCUT2D eigenvalue weighted by Gasteiger charge is -1.83. The van der Waals surface area contributed by atoms with Crippen molar-refractivity contribution >= 4 is 34.8 Å². The van der Waals surface area contributed by atoms with Crippen molar-refractivity contribution in [3.63, 3.8) is 0 Å². The van der Waals surface area contributed by atoms with Gasteiger partial charge in [-0.1, -0.05) is 11.6 Å². The van der Waals surface area contributed by atoms with E-state index < -0.39 is 0 Å². The Labute approximate surface area is 67.1 Å². The van der Waals surface area contributed by atoms with Crippen LogP contribution in [0.25, 0.3) is 0 Å². The van der Waals surface area contributed by atoms with Crippen molar-refractivity contribution in [2.45, 2.75) is 5.88 Å². The number of aromatic amines is 1. The van der Waals surface area contributed by atoms with Gasteiger partial charge in [-0.3, -0.25) is 0 Å². The molecule has 0 fully saturated rings. The van der Waals surface area contributed by atoms with E-state index in [4.69, 9.17) is 34.8 Å². The number of nitrogens with one attached hydrogen (secondary N) is 1. The molecule has 1 aromatic heterocycles. The average molecular weight is 185 g/mol. The third-order valence-corrected chi connectivity index (χ3v) is 1.59. The first kappa shape index (κ1) is 7.19. The number of alkyl halides is 1. The predicted molar refractivity (Wildman–Crippen MR) is 38.2 cm³/mol. The smallest absolute Gasteiger partial charge is 0.201 e. The molecule has 0 saturated heterocycles. The van der Waals surface area contributed by atoms with E-state index in [1.165, 1.54) is 0 Å². The van der Waals surface area contributed by atoms with Crippen LogP contribution in [0.15, 0.2) is 0 Å². The predicted octanol–water partition coefficient (Wildman–Crippen LogP) is 2.46. The summed E-state index contributed by atoms with van der Waals surface area (Å²) in [5, 5.41) is 0.616. The topological polar surface area (TPSA) is 28.7 Å². The number of hydrogen-bond donors (Lipinski definition) is 1. The first-order chi connectivity index (χ1) is 4.24. The summed E-state index contributed by atoms with van der Waals surface area (Å²) in [4.78, 5) is 6.36. The zero-order valence-electron chi connectivity index (χ0n) is 4.29. The minimum atomic E-state index is 0.274. The van der Waals surface area contributed by atoms with E-state index in [0.29, 0.717) is 16.7 Å². The molecule has 2 nitrogen and oxygen atoms in total. The maximum atomic E-state index is 5.53. The highest BCUT2D eigenvalue weighted by molar-refractivity contribution is 6.33. The molecule has 0 spiro atoms. The van der Waals surface area contributed by atoms with Crippen LogP contribution in [0.4, 0.5) is 0 Å². The van der Waals surface area contributed by atoms with Crippen LogP contribution >= 0.6 is 34.8 Å². The van der Waals surface area contributed by atoms with Crippen molar-refractivity contribution in [3.05, 3.63) is 16.1 Å². The monoisotopic (exact) mass is 184 g/mol. The van der Waals surface area contributed by atoms with Crippen LogP contribution in [-0.2, 0) is 5.88 Å². The number of imidazole rings is 1. The molecule has 9 heavy (non-hydrogen) atoms. The van der Waals surface area contributed by atoms with Gasteiger partial charge in [-0.2, -0.15) is 0 Å². The fourth-order valence-electron chi connectivity index (χ4n) is 0.446. The van der Waals surface area contributed by atoms with Crippen LogP contribution in [0.1, 0.15) is 5.69 Å². The number of H-pyrrole nitrogens is 1. The molecular formula is C4H3Cl3N2. The summed E-state index contributed by atoms with van der Waals surface area (Å²) in [6.45, 7) is 0.